The lowest BCUT2D eigenvalue weighted by Crippen LogP contribution is -2.48. The molecular formula is C19H36N2. The van der Waals surface area contributed by atoms with Gasteiger partial charge in [0.15, 0.2) is 0 Å². The van der Waals surface area contributed by atoms with Crippen LogP contribution in [0.1, 0.15) is 71.6 Å². The van der Waals surface area contributed by atoms with Crippen molar-refractivity contribution in [2.24, 2.45) is 17.3 Å². The number of hydrogen-bond acceptors (Lipinski definition) is 2. The number of likely N-dealkylation sites (tertiary alicyclic amines) is 1. The van der Waals surface area contributed by atoms with Gasteiger partial charge in [-0.3, -0.25) is 0 Å². The zero-order valence-corrected chi connectivity index (χ0v) is 14.4. The SMILES string of the molecule is CCCC(C)(CNC1CC1)CN1CCC2CCCCC2C1. The van der Waals surface area contributed by atoms with Crippen molar-refractivity contribution in [3.63, 3.8) is 0 Å². The van der Waals surface area contributed by atoms with Gasteiger partial charge in [0.2, 0.25) is 0 Å². The van der Waals surface area contributed by atoms with Gasteiger partial charge in [0, 0.05) is 25.7 Å². The Labute approximate surface area is 132 Å². The molecule has 0 aromatic rings. The second-order valence-electron chi connectivity index (χ2n) is 8.54. The molecule has 1 aliphatic heterocycles. The summed E-state index contributed by atoms with van der Waals surface area (Å²) in [6, 6.07) is 0.852. The second kappa shape index (κ2) is 7.00. The van der Waals surface area contributed by atoms with Crippen molar-refractivity contribution < 1.29 is 0 Å². The van der Waals surface area contributed by atoms with Crippen molar-refractivity contribution in [2.75, 3.05) is 26.2 Å². The molecule has 2 saturated carbocycles. The molecule has 2 nitrogen and oxygen atoms in total. The van der Waals surface area contributed by atoms with E-state index in [9.17, 15) is 0 Å². The van der Waals surface area contributed by atoms with Gasteiger partial charge in [-0.05, 0) is 55.9 Å². The van der Waals surface area contributed by atoms with Crippen LogP contribution in [0, 0.1) is 17.3 Å². The number of hydrogen-bond donors (Lipinski definition) is 1. The van der Waals surface area contributed by atoms with Crippen LogP contribution >= 0.6 is 0 Å². The van der Waals surface area contributed by atoms with Crippen molar-refractivity contribution in [1.29, 1.82) is 0 Å². The Morgan fingerprint density at radius 3 is 2.52 bits per heavy atom. The van der Waals surface area contributed by atoms with Gasteiger partial charge in [0.25, 0.3) is 0 Å². The highest BCUT2D eigenvalue weighted by atomic mass is 15.1. The molecule has 122 valence electrons. The third-order valence-corrected chi connectivity index (χ3v) is 6.23. The summed E-state index contributed by atoms with van der Waals surface area (Å²) in [5.41, 5.74) is 0.485. The molecule has 0 bridgehead atoms. The molecule has 3 rings (SSSR count). The molecule has 3 fully saturated rings. The molecule has 2 heteroatoms. The monoisotopic (exact) mass is 292 g/mol. The van der Waals surface area contributed by atoms with E-state index in [1.54, 1.807) is 0 Å². The van der Waals surface area contributed by atoms with Gasteiger partial charge in [-0.1, -0.05) is 39.5 Å². The largest absolute Gasteiger partial charge is 0.313 e. The van der Waals surface area contributed by atoms with Crippen molar-refractivity contribution >= 4 is 0 Å². The quantitative estimate of drug-likeness (QED) is 0.761. The zero-order chi connectivity index (χ0) is 14.7. The van der Waals surface area contributed by atoms with Gasteiger partial charge in [0.1, 0.15) is 0 Å². The fourth-order valence-corrected chi connectivity index (χ4v) is 4.86. The molecule has 0 aromatic heterocycles. The van der Waals surface area contributed by atoms with Crippen LogP contribution in [0.25, 0.3) is 0 Å². The number of nitrogens with zero attached hydrogens (tertiary/aromatic N) is 1. The number of nitrogens with one attached hydrogen (secondary N) is 1. The van der Waals surface area contributed by atoms with Gasteiger partial charge in [0.05, 0.1) is 0 Å². The Hall–Kier alpha value is -0.0800. The molecule has 1 N–H and O–H groups in total. The van der Waals surface area contributed by atoms with Crippen molar-refractivity contribution in [2.45, 2.75) is 77.7 Å². The van der Waals surface area contributed by atoms with E-state index in [4.69, 9.17) is 0 Å². The Kier molecular flexibility index (Phi) is 5.27. The van der Waals surface area contributed by atoms with Gasteiger partial charge in [-0.15, -0.1) is 0 Å². The summed E-state index contributed by atoms with van der Waals surface area (Å²) in [5.74, 6) is 2.09. The molecule has 0 amide bonds. The van der Waals surface area contributed by atoms with Gasteiger partial charge in [-0.2, -0.15) is 0 Å². The van der Waals surface area contributed by atoms with E-state index >= 15 is 0 Å². The molecule has 1 heterocycles. The smallest absolute Gasteiger partial charge is 0.00684 e. The third kappa shape index (κ3) is 4.45. The molecule has 21 heavy (non-hydrogen) atoms. The fourth-order valence-electron chi connectivity index (χ4n) is 4.86. The standard InChI is InChI=1S/C19H36N2/c1-3-11-19(2,14-20-18-8-9-18)15-21-12-10-16-6-4-5-7-17(16)13-21/h16-18,20H,3-15H2,1-2H3. The van der Waals surface area contributed by atoms with Crippen LogP contribution in [0.3, 0.4) is 0 Å². The van der Waals surface area contributed by atoms with E-state index in [0.717, 1.165) is 17.9 Å². The lowest BCUT2D eigenvalue weighted by Gasteiger charge is -2.44. The third-order valence-electron chi connectivity index (χ3n) is 6.23. The molecule has 1 saturated heterocycles. The van der Waals surface area contributed by atoms with Crippen LogP contribution in [0.5, 0.6) is 0 Å². The Bertz CT molecular complexity index is 326. The average Bonchev–Trinajstić information content (AvgIpc) is 3.30. The summed E-state index contributed by atoms with van der Waals surface area (Å²) in [6.07, 6.45) is 13.0. The van der Waals surface area contributed by atoms with Crippen LogP contribution in [-0.4, -0.2) is 37.1 Å². The highest BCUT2D eigenvalue weighted by Crippen LogP contribution is 2.37. The van der Waals surface area contributed by atoms with Crippen LogP contribution in [0.4, 0.5) is 0 Å². The van der Waals surface area contributed by atoms with Crippen LogP contribution in [0.15, 0.2) is 0 Å². The number of fused-ring (bicyclic) bond motifs is 1. The van der Waals surface area contributed by atoms with E-state index in [2.05, 4.69) is 24.1 Å². The molecular weight excluding hydrogens is 256 g/mol. The maximum Gasteiger partial charge on any atom is 0.00684 e. The lowest BCUT2D eigenvalue weighted by atomic mass is 9.74. The summed E-state index contributed by atoms with van der Waals surface area (Å²) < 4.78 is 0. The fraction of sp³-hybridized carbons (Fsp3) is 1.00. The first-order chi connectivity index (χ1) is 10.2. The molecule has 0 spiro atoms. The second-order valence-corrected chi connectivity index (χ2v) is 8.54. The molecule has 3 aliphatic rings. The van der Waals surface area contributed by atoms with E-state index in [1.807, 2.05) is 0 Å². The minimum absolute atomic E-state index is 0.485. The predicted molar refractivity (Wildman–Crippen MR) is 90.5 cm³/mol. The van der Waals surface area contributed by atoms with E-state index in [0.29, 0.717) is 5.41 Å². The Morgan fingerprint density at radius 1 is 1.05 bits per heavy atom. The van der Waals surface area contributed by atoms with Crippen molar-refractivity contribution in [1.82, 2.24) is 10.2 Å². The molecule has 0 aromatic carbocycles. The first-order valence-corrected chi connectivity index (χ1v) is 9.64. The molecule has 3 unspecified atom stereocenters. The van der Waals surface area contributed by atoms with Crippen LogP contribution in [-0.2, 0) is 0 Å². The summed E-state index contributed by atoms with van der Waals surface area (Å²) >= 11 is 0. The van der Waals surface area contributed by atoms with E-state index in [1.165, 1.54) is 84.0 Å². The Balaban J connectivity index is 1.51. The topological polar surface area (TPSA) is 15.3 Å². The van der Waals surface area contributed by atoms with E-state index < -0.39 is 0 Å². The summed E-state index contributed by atoms with van der Waals surface area (Å²) in [4.78, 5) is 2.82. The van der Waals surface area contributed by atoms with Gasteiger partial charge >= 0.3 is 0 Å². The van der Waals surface area contributed by atoms with Crippen LogP contribution < -0.4 is 5.32 Å². The molecule has 3 atom stereocenters. The summed E-state index contributed by atoms with van der Waals surface area (Å²) in [7, 11) is 0. The van der Waals surface area contributed by atoms with Crippen LogP contribution in [0.2, 0.25) is 0 Å². The molecule has 2 aliphatic carbocycles. The minimum Gasteiger partial charge on any atom is -0.313 e. The van der Waals surface area contributed by atoms with Crippen molar-refractivity contribution in [3.8, 4) is 0 Å². The normalized spacial score (nSPS) is 33.4. The first-order valence-electron chi connectivity index (χ1n) is 9.64. The summed E-state index contributed by atoms with van der Waals surface area (Å²) in [5, 5.41) is 3.80. The minimum atomic E-state index is 0.485. The van der Waals surface area contributed by atoms with Gasteiger partial charge in [-0.25, -0.2) is 0 Å². The number of piperidine rings is 1. The summed E-state index contributed by atoms with van der Waals surface area (Å²) in [6.45, 7) is 10.2. The maximum absolute atomic E-state index is 3.80. The average molecular weight is 293 g/mol. The highest BCUT2D eigenvalue weighted by Gasteiger charge is 2.35. The van der Waals surface area contributed by atoms with Gasteiger partial charge < -0.3 is 10.2 Å². The first kappa shape index (κ1) is 15.8. The van der Waals surface area contributed by atoms with E-state index in [-0.39, 0.29) is 0 Å². The number of rotatable bonds is 7. The van der Waals surface area contributed by atoms with Crippen molar-refractivity contribution in [3.05, 3.63) is 0 Å². The zero-order valence-electron chi connectivity index (χ0n) is 14.4. The maximum atomic E-state index is 3.80. The highest BCUT2D eigenvalue weighted by molar-refractivity contribution is 4.90. The Morgan fingerprint density at radius 2 is 1.81 bits per heavy atom. The lowest BCUT2D eigenvalue weighted by molar-refractivity contribution is 0.0529. The molecule has 0 radical (unpaired) electrons. The predicted octanol–water partition coefficient (Wildman–Crippen LogP) is 4.06.